The fraction of sp³-hybridized carbons (Fsp3) is 0.500. The Bertz CT molecular complexity index is 305. The molecule has 0 atom stereocenters. The number of rotatable bonds is 2. The lowest BCUT2D eigenvalue weighted by Gasteiger charge is -2.05. The number of aromatic nitrogens is 2. The summed E-state index contributed by atoms with van der Waals surface area (Å²) in [6.07, 6.45) is 1.50. The highest BCUT2D eigenvalue weighted by Gasteiger charge is 2.06. The molecular weight excluding hydrogens is 152 g/mol. The maximum Gasteiger partial charge on any atom is 0.139 e. The van der Waals surface area contributed by atoms with E-state index in [1.807, 2.05) is 6.07 Å². The van der Waals surface area contributed by atoms with Crippen molar-refractivity contribution in [3.63, 3.8) is 0 Å². The Morgan fingerprint density at radius 3 is 2.83 bits per heavy atom. The van der Waals surface area contributed by atoms with Crippen molar-refractivity contribution in [3.05, 3.63) is 11.8 Å². The second kappa shape index (κ2) is 3.26. The molecule has 0 saturated carbocycles. The van der Waals surface area contributed by atoms with Gasteiger partial charge in [-0.2, -0.15) is 10.4 Å². The van der Waals surface area contributed by atoms with E-state index >= 15 is 0 Å². The van der Waals surface area contributed by atoms with Gasteiger partial charge in [-0.1, -0.05) is 13.8 Å². The Balaban J connectivity index is 2.89. The fourth-order valence-corrected chi connectivity index (χ4v) is 0.972. The summed E-state index contributed by atoms with van der Waals surface area (Å²) in [5, 5.41) is 12.6. The molecule has 1 aromatic heterocycles. The average Bonchev–Trinajstić information content (AvgIpc) is 2.32. The molecule has 1 aromatic rings. The van der Waals surface area contributed by atoms with Gasteiger partial charge in [0.1, 0.15) is 17.5 Å². The minimum Gasteiger partial charge on any atom is -0.383 e. The Hall–Kier alpha value is -1.50. The molecule has 64 valence electrons. The van der Waals surface area contributed by atoms with E-state index in [1.54, 1.807) is 4.68 Å². The fourth-order valence-electron chi connectivity index (χ4n) is 0.972. The number of nitrogens with two attached hydrogens (primary N) is 1. The van der Waals surface area contributed by atoms with Gasteiger partial charge in [-0.15, -0.1) is 0 Å². The predicted molar refractivity (Wildman–Crippen MR) is 46.2 cm³/mol. The first-order chi connectivity index (χ1) is 5.65. The third-order valence-electron chi connectivity index (χ3n) is 1.54. The summed E-state index contributed by atoms with van der Waals surface area (Å²) < 4.78 is 1.66. The van der Waals surface area contributed by atoms with Crippen molar-refractivity contribution >= 4 is 5.82 Å². The molecule has 0 radical (unpaired) electrons. The summed E-state index contributed by atoms with van der Waals surface area (Å²) in [7, 11) is 0. The summed E-state index contributed by atoms with van der Waals surface area (Å²) in [6, 6.07) is 1.98. The standard InChI is InChI=1S/C8H12N4/c1-6(2)5-12-8(10)7(3-9)4-11-12/h4,6H,5,10H2,1-2H3. The summed E-state index contributed by atoms with van der Waals surface area (Å²) in [5.74, 6) is 0.949. The maximum absolute atomic E-state index is 8.58. The molecule has 0 saturated heterocycles. The van der Waals surface area contributed by atoms with Crippen molar-refractivity contribution in [1.82, 2.24) is 9.78 Å². The second-order valence-electron chi connectivity index (χ2n) is 3.13. The van der Waals surface area contributed by atoms with Crippen molar-refractivity contribution in [2.45, 2.75) is 20.4 Å². The van der Waals surface area contributed by atoms with Gasteiger partial charge in [0.25, 0.3) is 0 Å². The van der Waals surface area contributed by atoms with Crippen molar-refractivity contribution in [1.29, 1.82) is 5.26 Å². The van der Waals surface area contributed by atoms with Crippen LogP contribution in [0, 0.1) is 17.2 Å². The van der Waals surface area contributed by atoms with Gasteiger partial charge in [0.15, 0.2) is 0 Å². The topological polar surface area (TPSA) is 67.6 Å². The molecule has 2 N–H and O–H groups in total. The number of nitrogens with zero attached hydrogens (tertiary/aromatic N) is 3. The zero-order valence-corrected chi connectivity index (χ0v) is 7.28. The van der Waals surface area contributed by atoms with Crippen LogP contribution in [0.3, 0.4) is 0 Å². The molecule has 0 aliphatic rings. The van der Waals surface area contributed by atoms with Crippen LogP contribution in [-0.2, 0) is 6.54 Å². The van der Waals surface area contributed by atoms with E-state index < -0.39 is 0 Å². The molecule has 1 heterocycles. The molecule has 0 bridgehead atoms. The highest BCUT2D eigenvalue weighted by Crippen LogP contribution is 2.10. The van der Waals surface area contributed by atoms with Gasteiger partial charge in [-0.3, -0.25) is 0 Å². The normalized spacial score (nSPS) is 10.2. The van der Waals surface area contributed by atoms with Crippen molar-refractivity contribution < 1.29 is 0 Å². The van der Waals surface area contributed by atoms with Gasteiger partial charge in [0, 0.05) is 6.54 Å². The highest BCUT2D eigenvalue weighted by molar-refractivity contribution is 5.47. The first-order valence-corrected chi connectivity index (χ1v) is 3.86. The monoisotopic (exact) mass is 164 g/mol. The lowest BCUT2D eigenvalue weighted by molar-refractivity contribution is 0.488. The molecule has 0 unspecified atom stereocenters. The van der Waals surface area contributed by atoms with Gasteiger partial charge < -0.3 is 5.73 Å². The van der Waals surface area contributed by atoms with Gasteiger partial charge >= 0.3 is 0 Å². The second-order valence-corrected chi connectivity index (χ2v) is 3.13. The van der Waals surface area contributed by atoms with E-state index in [2.05, 4.69) is 18.9 Å². The van der Waals surface area contributed by atoms with E-state index in [1.165, 1.54) is 6.20 Å². The van der Waals surface area contributed by atoms with Crippen LogP contribution in [0.4, 0.5) is 5.82 Å². The van der Waals surface area contributed by atoms with Crippen LogP contribution in [0.2, 0.25) is 0 Å². The number of nitrogen functional groups attached to an aromatic ring is 1. The molecule has 0 fully saturated rings. The van der Waals surface area contributed by atoms with Crippen LogP contribution in [0.25, 0.3) is 0 Å². The van der Waals surface area contributed by atoms with Gasteiger partial charge in [-0.25, -0.2) is 4.68 Å². The van der Waals surface area contributed by atoms with Crippen LogP contribution < -0.4 is 5.73 Å². The SMILES string of the molecule is CC(C)Cn1ncc(C#N)c1N. The van der Waals surface area contributed by atoms with E-state index in [-0.39, 0.29) is 0 Å². The predicted octanol–water partition coefficient (Wildman–Crippen LogP) is 0.993. The molecule has 4 heteroatoms. The molecule has 4 nitrogen and oxygen atoms in total. The lowest BCUT2D eigenvalue weighted by atomic mass is 10.2. The van der Waals surface area contributed by atoms with Crippen LogP contribution in [0.5, 0.6) is 0 Å². The van der Waals surface area contributed by atoms with Crippen molar-refractivity contribution in [3.8, 4) is 6.07 Å². The molecular formula is C8H12N4. The average molecular weight is 164 g/mol. The zero-order chi connectivity index (χ0) is 9.14. The molecule has 0 aliphatic heterocycles. The zero-order valence-electron chi connectivity index (χ0n) is 7.28. The number of anilines is 1. The highest BCUT2D eigenvalue weighted by atomic mass is 15.3. The third-order valence-corrected chi connectivity index (χ3v) is 1.54. The number of hydrogen-bond donors (Lipinski definition) is 1. The van der Waals surface area contributed by atoms with E-state index in [4.69, 9.17) is 11.0 Å². The minimum absolute atomic E-state index is 0.454. The molecule has 0 amide bonds. The van der Waals surface area contributed by atoms with E-state index in [9.17, 15) is 0 Å². The summed E-state index contributed by atoms with van der Waals surface area (Å²) in [5.41, 5.74) is 6.09. The van der Waals surface area contributed by atoms with Crippen molar-refractivity contribution in [2.24, 2.45) is 5.92 Å². The van der Waals surface area contributed by atoms with Gasteiger partial charge in [-0.05, 0) is 5.92 Å². The molecule has 0 spiro atoms. The lowest BCUT2D eigenvalue weighted by Crippen LogP contribution is -2.09. The Morgan fingerprint density at radius 1 is 1.75 bits per heavy atom. The quantitative estimate of drug-likeness (QED) is 0.708. The molecule has 12 heavy (non-hydrogen) atoms. The van der Waals surface area contributed by atoms with Crippen LogP contribution in [-0.4, -0.2) is 9.78 Å². The molecule has 0 aromatic carbocycles. The smallest absolute Gasteiger partial charge is 0.139 e. The Labute approximate surface area is 71.6 Å². The van der Waals surface area contributed by atoms with Crippen LogP contribution in [0.15, 0.2) is 6.20 Å². The van der Waals surface area contributed by atoms with E-state index in [0.717, 1.165) is 6.54 Å². The number of nitriles is 1. The molecule has 1 rings (SSSR count). The van der Waals surface area contributed by atoms with E-state index in [0.29, 0.717) is 17.3 Å². The first kappa shape index (κ1) is 8.60. The maximum atomic E-state index is 8.58. The summed E-state index contributed by atoms with van der Waals surface area (Å²) in [6.45, 7) is 4.91. The van der Waals surface area contributed by atoms with Crippen LogP contribution in [0.1, 0.15) is 19.4 Å². The minimum atomic E-state index is 0.454. The first-order valence-electron chi connectivity index (χ1n) is 3.86. The number of hydrogen-bond acceptors (Lipinski definition) is 3. The third kappa shape index (κ3) is 1.56. The summed E-state index contributed by atoms with van der Waals surface area (Å²) >= 11 is 0. The van der Waals surface area contributed by atoms with Crippen molar-refractivity contribution in [2.75, 3.05) is 5.73 Å². The largest absolute Gasteiger partial charge is 0.383 e. The van der Waals surface area contributed by atoms with Gasteiger partial charge in [0.2, 0.25) is 0 Å². The summed E-state index contributed by atoms with van der Waals surface area (Å²) in [4.78, 5) is 0. The van der Waals surface area contributed by atoms with Crippen LogP contribution >= 0.6 is 0 Å². The van der Waals surface area contributed by atoms with Gasteiger partial charge in [0.05, 0.1) is 6.20 Å². The molecule has 0 aliphatic carbocycles. The Kier molecular flexibility index (Phi) is 2.34. The Morgan fingerprint density at radius 2 is 2.42 bits per heavy atom.